The molecule has 4 rings (SSSR count). The van der Waals surface area contributed by atoms with Crippen LogP contribution in [0.5, 0.6) is 0 Å². The van der Waals surface area contributed by atoms with E-state index in [0.717, 1.165) is 17.3 Å². The molecule has 1 N–H and O–H groups in total. The number of hydrogen-bond donors (Lipinski definition) is 1. The lowest BCUT2D eigenvalue weighted by molar-refractivity contribution is -0.120. The maximum atomic E-state index is 13.8. The molecular weight excluding hydrogens is 389 g/mol. The van der Waals surface area contributed by atoms with Crippen molar-refractivity contribution in [2.24, 2.45) is 0 Å². The molecule has 156 valence electrons. The van der Waals surface area contributed by atoms with Crippen LogP contribution in [0.4, 0.5) is 10.2 Å². The van der Waals surface area contributed by atoms with Gasteiger partial charge in [-0.25, -0.2) is 19.0 Å². The number of aryl methyl sites for hydroxylation is 2. The number of imidazole rings is 1. The van der Waals surface area contributed by atoms with Crippen molar-refractivity contribution < 1.29 is 14.0 Å². The van der Waals surface area contributed by atoms with Crippen LogP contribution >= 0.6 is 0 Å². The van der Waals surface area contributed by atoms with Gasteiger partial charge in [-0.2, -0.15) is 0 Å². The molecule has 30 heavy (non-hydrogen) atoms. The summed E-state index contributed by atoms with van der Waals surface area (Å²) in [6.07, 6.45) is 1.79. The second kappa shape index (κ2) is 7.69. The number of aromatic nitrogens is 5. The summed E-state index contributed by atoms with van der Waals surface area (Å²) in [5.74, 6) is 0.363. The van der Waals surface area contributed by atoms with E-state index in [1.165, 1.54) is 22.0 Å². The molecule has 2 amide bonds. The summed E-state index contributed by atoms with van der Waals surface area (Å²) < 4.78 is 17.2. The molecule has 0 saturated heterocycles. The number of carbonyl (C=O) groups excluding carboxylic acids is 2. The van der Waals surface area contributed by atoms with Crippen LogP contribution in [0.1, 0.15) is 34.1 Å². The molecule has 0 bridgehead atoms. The summed E-state index contributed by atoms with van der Waals surface area (Å²) in [5, 5.41) is 6.86. The van der Waals surface area contributed by atoms with Crippen LogP contribution in [0.25, 0.3) is 0 Å². The number of rotatable bonds is 4. The molecule has 3 heterocycles. The summed E-state index contributed by atoms with van der Waals surface area (Å²) in [6, 6.07) is 5.63. The Kier molecular flexibility index (Phi) is 5.06. The first kappa shape index (κ1) is 19.7. The number of fused-ring (bicyclic) bond motifs is 1. The van der Waals surface area contributed by atoms with E-state index in [-0.39, 0.29) is 24.1 Å². The van der Waals surface area contributed by atoms with E-state index in [4.69, 9.17) is 0 Å². The third kappa shape index (κ3) is 3.56. The summed E-state index contributed by atoms with van der Waals surface area (Å²) in [7, 11) is 1.67. The lowest BCUT2D eigenvalue weighted by Crippen LogP contribution is -2.47. The molecule has 1 aliphatic heterocycles. The molecule has 0 fully saturated rings. The minimum atomic E-state index is -0.709. The Morgan fingerprint density at radius 3 is 2.83 bits per heavy atom. The Labute approximate surface area is 172 Å². The molecular formula is C20H22FN7O2. The van der Waals surface area contributed by atoms with E-state index in [9.17, 15) is 14.0 Å². The number of nitrogens with zero attached hydrogens (tertiary/aromatic N) is 6. The van der Waals surface area contributed by atoms with Crippen molar-refractivity contribution in [2.45, 2.75) is 39.4 Å². The molecule has 3 aromatic rings. The van der Waals surface area contributed by atoms with Gasteiger partial charge in [0.05, 0.1) is 12.2 Å². The van der Waals surface area contributed by atoms with Crippen LogP contribution in [0, 0.1) is 19.7 Å². The summed E-state index contributed by atoms with van der Waals surface area (Å²) in [6.45, 7) is 4.45. The van der Waals surface area contributed by atoms with Crippen molar-refractivity contribution in [3.63, 3.8) is 0 Å². The van der Waals surface area contributed by atoms with Crippen molar-refractivity contribution in [2.75, 3.05) is 11.9 Å². The van der Waals surface area contributed by atoms with Gasteiger partial charge in [0.2, 0.25) is 5.82 Å². The monoisotopic (exact) mass is 411 g/mol. The average Bonchev–Trinajstić information content (AvgIpc) is 3.26. The van der Waals surface area contributed by atoms with E-state index < -0.39 is 11.9 Å². The van der Waals surface area contributed by atoms with Crippen molar-refractivity contribution >= 4 is 17.6 Å². The third-order valence-electron chi connectivity index (χ3n) is 5.22. The Morgan fingerprint density at radius 1 is 1.30 bits per heavy atom. The van der Waals surface area contributed by atoms with Crippen molar-refractivity contribution in [1.29, 1.82) is 0 Å². The van der Waals surface area contributed by atoms with Gasteiger partial charge < -0.3 is 9.88 Å². The molecule has 1 unspecified atom stereocenters. The topological polar surface area (TPSA) is 97.9 Å². The zero-order chi connectivity index (χ0) is 21.4. The minimum Gasteiger partial charge on any atom is -0.337 e. The highest BCUT2D eigenvalue weighted by molar-refractivity contribution is 6.01. The van der Waals surface area contributed by atoms with Crippen molar-refractivity contribution in [3.05, 3.63) is 59.3 Å². The van der Waals surface area contributed by atoms with E-state index in [2.05, 4.69) is 20.4 Å². The predicted molar refractivity (Wildman–Crippen MR) is 107 cm³/mol. The number of amides is 2. The average molecular weight is 411 g/mol. The van der Waals surface area contributed by atoms with Gasteiger partial charge in [-0.15, -0.1) is 5.10 Å². The number of hydrogen-bond acceptors (Lipinski definition) is 5. The van der Waals surface area contributed by atoms with E-state index in [1.54, 1.807) is 25.2 Å². The van der Waals surface area contributed by atoms with Crippen LogP contribution < -0.4 is 10.2 Å². The fourth-order valence-electron chi connectivity index (χ4n) is 3.75. The van der Waals surface area contributed by atoms with Crippen LogP contribution in [0.2, 0.25) is 0 Å². The van der Waals surface area contributed by atoms with Gasteiger partial charge in [-0.05, 0) is 26.3 Å². The lowest BCUT2D eigenvalue weighted by atomic mass is 10.2. The molecule has 1 atom stereocenters. The van der Waals surface area contributed by atoms with Crippen LogP contribution in [-0.2, 0) is 17.9 Å². The number of likely N-dealkylation sites (N-methyl/N-ethyl adjacent to an activating group) is 1. The number of anilines is 1. The second-order valence-corrected chi connectivity index (χ2v) is 7.29. The highest BCUT2D eigenvalue weighted by atomic mass is 19.1. The van der Waals surface area contributed by atoms with Gasteiger partial charge in [-0.3, -0.25) is 14.5 Å². The number of nitrogens with one attached hydrogen (secondary N) is 1. The smallest absolute Gasteiger partial charge is 0.291 e. The maximum absolute atomic E-state index is 13.8. The molecule has 0 radical (unpaired) electrons. The van der Waals surface area contributed by atoms with Gasteiger partial charge in [0.15, 0.2) is 0 Å². The molecule has 9 nitrogen and oxygen atoms in total. The fraction of sp³-hybridized carbons (Fsp3) is 0.350. The standard InChI is InChI=1S/C20H22FN7O2/c1-12-19-26(3)20(30)16(8-9-28(19)13(2)23-12)24-18(29)17-22-11-27(25-17)10-14-6-4-5-7-15(14)21/h4-7,11,16H,8-10H2,1-3H3,(H,24,29). The van der Waals surface area contributed by atoms with E-state index >= 15 is 0 Å². The van der Waals surface area contributed by atoms with Crippen molar-refractivity contribution in [1.82, 2.24) is 29.6 Å². The Hall–Kier alpha value is -3.56. The van der Waals surface area contributed by atoms with Crippen LogP contribution in [-0.4, -0.2) is 49.2 Å². The Morgan fingerprint density at radius 2 is 2.07 bits per heavy atom. The van der Waals surface area contributed by atoms with Gasteiger partial charge in [0.25, 0.3) is 11.8 Å². The first-order chi connectivity index (χ1) is 14.3. The summed E-state index contributed by atoms with van der Waals surface area (Å²) in [4.78, 5) is 35.5. The summed E-state index contributed by atoms with van der Waals surface area (Å²) in [5.41, 5.74) is 1.21. The normalized spacial score (nSPS) is 16.3. The number of carbonyl (C=O) groups is 2. The number of benzene rings is 1. The van der Waals surface area contributed by atoms with Gasteiger partial charge in [-0.1, -0.05) is 18.2 Å². The van der Waals surface area contributed by atoms with Gasteiger partial charge >= 0.3 is 0 Å². The lowest BCUT2D eigenvalue weighted by Gasteiger charge is -2.20. The second-order valence-electron chi connectivity index (χ2n) is 7.29. The van der Waals surface area contributed by atoms with Crippen molar-refractivity contribution in [3.8, 4) is 0 Å². The molecule has 0 spiro atoms. The molecule has 1 aromatic carbocycles. The van der Waals surface area contributed by atoms with Crippen LogP contribution in [0.15, 0.2) is 30.6 Å². The maximum Gasteiger partial charge on any atom is 0.291 e. The molecule has 2 aromatic heterocycles. The third-order valence-corrected chi connectivity index (χ3v) is 5.22. The highest BCUT2D eigenvalue weighted by Gasteiger charge is 2.32. The highest BCUT2D eigenvalue weighted by Crippen LogP contribution is 2.25. The molecule has 0 aliphatic carbocycles. The zero-order valence-corrected chi connectivity index (χ0v) is 17.0. The van der Waals surface area contributed by atoms with Crippen LogP contribution in [0.3, 0.4) is 0 Å². The van der Waals surface area contributed by atoms with Gasteiger partial charge in [0.1, 0.15) is 29.8 Å². The Balaban J connectivity index is 1.47. The first-order valence-corrected chi connectivity index (χ1v) is 9.60. The minimum absolute atomic E-state index is 0.0697. The predicted octanol–water partition coefficient (Wildman–Crippen LogP) is 1.44. The summed E-state index contributed by atoms with van der Waals surface area (Å²) >= 11 is 0. The quantitative estimate of drug-likeness (QED) is 0.701. The van der Waals surface area contributed by atoms with E-state index in [0.29, 0.717) is 18.5 Å². The largest absolute Gasteiger partial charge is 0.337 e. The molecule has 0 saturated carbocycles. The fourth-order valence-corrected chi connectivity index (χ4v) is 3.75. The zero-order valence-electron chi connectivity index (χ0n) is 17.0. The van der Waals surface area contributed by atoms with Gasteiger partial charge in [0, 0.05) is 19.2 Å². The SMILES string of the molecule is Cc1nc(C)n2c1N(C)C(=O)C(NC(=O)c1ncn(Cc3ccccc3F)n1)CC2. The Bertz CT molecular complexity index is 1120. The number of halogens is 1. The first-order valence-electron chi connectivity index (χ1n) is 9.60. The molecule has 10 heteroatoms. The molecule has 1 aliphatic rings. The van der Waals surface area contributed by atoms with E-state index in [1.807, 2.05) is 18.4 Å².